The molecule has 3 amide bonds. The zero-order valence-electron chi connectivity index (χ0n) is 17.0. The third-order valence-corrected chi connectivity index (χ3v) is 5.14. The van der Waals surface area contributed by atoms with E-state index in [0.29, 0.717) is 23.1 Å². The molecule has 0 N–H and O–H groups in total. The molecule has 0 radical (unpaired) electrons. The number of alkyl halides is 3. The average Bonchev–Trinajstić information content (AvgIpc) is 2.74. The van der Waals surface area contributed by atoms with Crippen molar-refractivity contribution in [1.29, 1.82) is 0 Å². The molecular weight excluding hydrogens is 482 g/mol. The molecule has 0 aliphatic rings. The highest BCUT2D eigenvalue weighted by atomic mass is 32.2. The van der Waals surface area contributed by atoms with Gasteiger partial charge in [0.05, 0.1) is 10.6 Å². The number of imide groups is 1. The largest absolute Gasteiger partial charge is 0.475 e. The number of amides is 3. The van der Waals surface area contributed by atoms with Crippen molar-refractivity contribution in [2.45, 2.75) is 10.4 Å². The molecule has 2 aromatic carbocycles. The van der Waals surface area contributed by atoms with Crippen LogP contribution in [0.3, 0.4) is 0 Å². The summed E-state index contributed by atoms with van der Waals surface area (Å²) >= 11 is 0. The van der Waals surface area contributed by atoms with Gasteiger partial charge in [0.25, 0.3) is 5.91 Å². The minimum Gasteiger partial charge on any atom is -0.364 e. The Morgan fingerprint density at radius 1 is 0.939 bits per heavy atom. The van der Waals surface area contributed by atoms with Crippen LogP contribution in [0.25, 0.3) is 0 Å². The molecule has 0 saturated carbocycles. The molecule has 1 atom stereocenters. The maximum absolute atomic E-state index is 14.6. The Hall–Kier alpha value is -2.97. The number of halogens is 6. The topological polar surface area (TPSA) is 76.2 Å². The van der Waals surface area contributed by atoms with Crippen LogP contribution in [0.4, 0.5) is 36.8 Å². The number of carbonyl (C=O) groups excluding carboxylic acids is 2. The van der Waals surface area contributed by atoms with Gasteiger partial charge in [0.15, 0.2) is 10.8 Å². The number of hydrogen-bond donors (Lipinski definition) is 0. The Labute approximate surface area is 185 Å². The van der Waals surface area contributed by atoms with E-state index in [-0.39, 0.29) is 4.90 Å². The monoisotopic (exact) mass is 498 g/mol. The molecule has 180 valence electrons. The standard InChI is InChI=1S/C19H16F6N2O5S/c1-31-9-26(15-7-6-11(8-14(15)22)33(30)19(23,24)25)18(29)27(10-32-2)17(28)16-12(20)4-3-5-13(16)21/h3-8H,9-10H2,1-2H3. The molecule has 0 aromatic heterocycles. The highest BCUT2D eigenvalue weighted by Crippen LogP contribution is 2.30. The van der Waals surface area contributed by atoms with Gasteiger partial charge in [-0.05, 0) is 30.3 Å². The number of carbonyl (C=O) groups is 2. The second kappa shape index (κ2) is 10.8. The quantitative estimate of drug-likeness (QED) is 0.426. The first-order valence-electron chi connectivity index (χ1n) is 8.77. The summed E-state index contributed by atoms with van der Waals surface area (Å²) in [4.78, 5) is 25.5. The molecule has 0 saturated heterocycles. The van der Waals surface area contributed by atoms with E-state index in [2.05, 4.69) is 0 Å². The maximum Gasteiger partial charge on any atom is 0.475 e. The first-order chi connectivity index (χ1) is 15.4. The van der Waals surface area contributed by atoms with Crippen molar-refractivity contribution < 1.29 is 49.6 Å². The van der Waals surface area contributed by atoms with E-state index >= 15 is 0 Å². The van der Waals surface area contributed by atoms with Gasteiger partial charge in [0, 0.05) is 14.2 Å². The van der Waals surface area contributed by atoms with Crippen molar-refractivity contribution in [3.63, 3.8) is 0 Å². The average molecular weight is 498 g/mol. The van der Waals surface area contributed by atoms with E-state index in [4.69, 9.17) is 9.47 Å². The number of nitrogens with zero attached hydrogens (tertiary/aromatic N) is 2. The van der Waals surface area contributed by atoms with Gasteiger partial charge in [-0.2, -0.15) is 13.2 Å². The molecule has 2 rings (SSSR count). The SMILES string of the molecule is COCN(C(=O)c1c(F)cccc1F)C(=O)N(COC)c1ccc(S(=O)C(F)(F)F)cc1F. The summed E-state index contributed by atoms with van der Waals surface area (Å²) in [7, 11) is -1.39. The molecule has 7 nitrogen and oxygen atoms in total. The Kier molecular flexibility index (Phi) is 8.57. The Bertz CT molecular complexity index is 1050. The summed E-state index contributed by atoms with van der Waals surface area (Å²) in [5.74, 6) is -5.43. The number of ether oxygens (including phenoxy) is 2. The summed E-state index contributed by atoms with van der Waals surface area (Å²) in [6, 6.07) is 2.85. The van der Waals surface area contributed by atoms with E-state index in [1.54, 1.807) is 0 Å². The molecule has 0 spiro atoms. The number of benzene rings is 2. The molecule has 0 aliphatic heterocycles. The molecule has 2 aromatic rings. The number of hydrogen-bond acceptors (Lipinski definition) is 5. The summed E-state index contributed by atoms with van der Waals surface area (Å²) in [5, 5.41) is 0. The van der Waals surface area contributed by atoms with Crippen molar-refractivity contribution in [3.05, 3.63) is 59.4 Å². The van der Waals surface area contributed by atoms with Crippen LogP contribution >= 0.6 is 0 Å². The van der Waals surface area contributed by atoms with E-state index in [1.165, 1.54) is 0 Å². The van der Waals surface area contributed by atoms with E-state index in [9.17, 15) is 40.1 Å². The van der Waals surface area contributed by atoms with E-state index < -0.39 is 75.3 Å². The zero-order chi connectivity index (χ0) is 24.9. The van der Waals surface area contributed by atoms with Crippen LogP contribution < -0.4 is 4.90 Å². The zero-order valence-corrected chi connectivity index (χ0v) is 17.8. The smallest absolute Gasteiger partial charge is 0.364 e. The second-order valence-electron chi connectivity index (χ2n) is 6.20. The lowest BCUT2D eigenvalue weighted by Gasteiger charge is -2.29. The van der Waals surface area contributed by atoms with Crippen LogP contribution in [0.15, 0.2) is 41.3 Å². The lowest BCUT2D eigenvalue weighted by Crippen LogP contribution is -2.48. The van der Waals surface area contributed by atoms with Crippen LogP contribution in [0.5, 0.6) is 0 Å². The molecule has 1 unspecified atom stereocenters. The molecule has 33 heavy (non-hydrogen) atoms. The van der Waals surface area contributed by atoms with E-state index in [1.807, 2.05) is 0 Å². The minimum absolute atomic E-state index is 0.238. The Balaban J connectivity index is 2.49. The van der Waals surface area contributed by atoms with Crippen LogP contribution in [-0.2, 0) is 20.3 Å². The summed E-state index contributed by atoms with van der Waals surface area (Å²) in [5.41, 5.74) is -6.90. The fourth-order valence-corrected chi connectivity index (χ4v) is 3.29. The summed E-state index contributed by atoms with van der Waals surface area (Å²) in [6.07, 6.45) is 0. The first-order valence-corrected chi connectivity index (χ1v) is 9.92. The summed E-state index contributed by atoms with van der Waals surface area (Å²) in [6.45, 7) is -1.53. The van der Waals surface area contributed by atoms with Gasteiger partial charge >= 0.3 is 11.5 Å². The predicted molar refractivity (Wildman–Crippen MR) is 103 cm³/mol. The van der Waals surface area contributed by atoms with Crippen molar-refractivity contribution in [3.8, 4) is 0 Å². The lowest BCUT2D eigenvalue weighted by molar-refractivity contribution is -0.0384. The number of methoxy groups -OCH3 is 2. The molecule has 0 heterocycles. The number of rotatable bonds is 7. The van der Waals surface area contributed by atoms with Crippen molar-refractivity contribution in [2.24, 2.45) is 0 Å². The van der Waals surface area contributed by atoms with Gasteiger partial charge < -0.3 is 9.47 Å². The minimum atomic E-state index is -5.15. The number of anilines is 1. The van der Waals surface area contributed by atoms with Crippen LogP contribution in [0.2, 0.25) is 0 Å². The molecular formula is C19H16F6N2O5S. The summed E-state index contributed by atoms with van der Waals surface area (Å²) < 4.78 is 102. The van der Waals surface area contributed by atoms with Crippen LogP contribution in [0, 0.1) is 17.5 Å². The van der Waals surface area contributed by atoms with Gasteiger partial charge in [-0.25, -0.2) is 27.1 Å². The van der Waals surface area contributed by atoms with E-state index in [0.717, 1.165) is 32.4 Å². The van der Waals surface area contributed by atoms with Crippen molar-refractivity contribution >= 4 is 28.4 Å². The highest BCUT2D eigenvalue weighted by Gasteiger charge is 2.39. The lowest BCUT2D eigenvalue weighted by atomic mass is 10.1. The maximum atomic E-state index is 14.6. The third kappa shape index (κ3) is 5.89. The van der Waals surface area contributed by atoms with Gasteiger partial charge in [-0.3, -0.25) is 9.69 Å². The Morgan fingerprint density at radius 2 is 1.52 bits per heavy atom. The van der Waals surface area contributed by atoms with Gasteiger partial charge in [-0.1, -0.05) is 6.07 Å². The van der Waals surface area contributed by atoms with Crippen LogP contribution in [0.1, 0.15) is 10.4 Å². The Morgan fingerprint density at radius 3 is 2.00 bits per heavy atom. The van der Waals surface area contributed by atoms with Gasteiger partial charge in [0.2, 0.25) is 0 Å². The molecule has 14 heteroatoms. The normalized spacial score (nSPS) is 12.4. The second-order valence-corrected chi connectivity index (χ2v) is 7.68. The van der Waals surface area contributed by atoms with Crippen molar-refractivity contribution in [1.82, 2.24) is 4.90 Å². The van der Waals surface area contributed by atoms with Crippen LogP contribution in [-0.4, -0.2) is 54.2 Å². The van der Waals surface area contributed by atoms with Gasteiger partial charge in [-0.15, -0.1) is 0 Å². The molecule has 0 aliphatic carbocycles. The predicted octanol–water partition coefficient (Wildman–Crippen LogP) is 4.01. The number of urea groups is 1. The third-order valence-electron chi connectivity index (χ3n) is 4.03. The fraction of sp³-hybridized carbons (Fsp3) is 0.263. The van der Waals surface area contributed by atoms with Gasteiger partial charge in [0.1, 0.15) is 36.5 Å². The van der Waals surface area contributed by atoms with Crippen molar-refractivity contribution in [2.75, 3.05) is 32.6 Å². The molecule has 0 bridgehead atoms. The highest BCUT2D eigenvalue weighted by molar-refractivity contribution is 7.86. The molecule has 0 fully saturated rings. The first kappa shape index (κ1) is 26.3. The fourth-order valence-electron chi connectivity index (χ4n) is 2.62.